The number of ether oxygens (including phenoxy) is 1. The Morgan fingerprint density at radius 2 is 2.28 bits per heavy atom. The van der Waals surface area contributed by atoms with Crippen LogP contribution in [-0.2, 0) is 4.74 Å². The Kier molecular flexibility index (Phi) is 6.12. The molecule has 0 heterocycles. The zero-order valence-corrected chi connectivity index (χ0v) is 11.3. The zero-order chi connectivity index (χ0) is 13.5. The highest BCUT2D eigenvalue weighted by molar-refractivity contribution is 6.31. The maximum absolute atomic E-state index is 12.0. The number of benzene rings is 1. The highest BCUT2D eigenvalue weighted by Crippen LogP contribution is 2.16. The van der Waals surface area contributed by atoms with Gasteiger partial charge in [0.15, 0.2) is 0 Å². The summed E-state index contributed by atoms with van der Waals surface area (Å²) in [5.74, 6) is -0.190. The molecule has 1 rings (SSSR count). The summed E-state index contributed by atoms with van der Waals surface area (Å²) in [6.45, 7) is 2.23. The van der Waals surface area contributed by atoms with E-state index in [1.807, 2.05) is 6.92 Å². The molecular weight excluding hydrogens is 254 g/mol. The van der Waals surface area contributed by atoms with E-state index in [0.717, 1.165) is 5.56 Å². The normalized spacial score (nSPS) is 12.2. The third-order valence-corrected chi connectivity index (χ3v) is 3.02. The van der Waals surface area contributed by atoms with E-state index in [1.54, 1.807) is 25.3 Å². The van der Waals surface area contributed by atoms with Crippen LogP contribution in [0.3, 0.4) is 0 Å². The number of aryl methyl sites for hydroxylation is 1. The molecule has 0 saturated carbocycles. The zero-order valence-electron chi connectivity index (χ0n) is 10.6. The van der Waals surface area contributed by atoms with Crippen molar-refractivity contribution < 1.29 is 14.6 Å². The fraction of sp³-hybridized carbons (Fsp3) is 0.462. The fourth-order valence-electron chi connectivity index (χ4n) is 1.61. The first-order valence-corrected chi connectivity index (χ1v) is 6.13. The van der Waals surface area contributed by atoms with Gasteiger partial charge in [-0.15, -0.1) is 0 Å². The van der Waals surface area contributed by atoms with E-state index in [-0.39, 0.29) is 18.6 Å². The Hall–Kier alpha value is -1.10. The monoisotopic (exact) mass is 271 g/mol. The fourth-order valence-corrected chi connectivity index (χ4v) is 1.73. The summed E-state index contributed by atoms with van der Waals surface area (Å²) >= 11 is 5.91. The van der Waals surface area contributed by atoms with Crippen molar-refractivity contribution >= 4 is 17.5 Å². The van der Waals surface area contributed by atoms with E-state index in [2.05, 4.69) is 5.32 Å². The molecule has 0 radical (unpaired) electrons. The van der Waals surface area contributed by atoms with Gasteiger partial charge in [0, 0.05) is 24.3 Å². The first-order valence-electron chi connectivity index (χ1n) is 5.75. The number of hydrogen-bond acceptors (Lipinski definition) is 3. The molecule has 100 valence electrons. The van der Waals surface area contributed by atoms with Crippen molar-refractivity contribution in [2.75, 3.05) is 20.3 Å². The number of rotatable bonds is 6. The van der Waals surface area contributed by atoms with E-state index in [0.29, 0.717) is 23.6 Å². The molecule has 0 fully saturated rings. The van der Waals surface area contributed by atoms with E-state index in [9.17, 15) is 4.79 Å². The molecule has 1 aromatic rings. The first kappa shape index (κ1) is 15.0. The minimum atomic E-state index is -0.191. The van der Waals surface area contributed by atoms with E-state index < -0.39 is 0 Å². The average molecular weight is 272 g/mol. The molecule has 0 bridgehead atoms. The standard InChI is InChI=1S/C13H18ClNO3/c1-9-7-10(3-4-12(9)14)13(17)15-11(5-6-16)8-18-2/h3-4,7,11,16H,5-6,8H2,1-2H3,(H,15,17). The summed E-state index contributed by atoms with van der Waals surface area (Å²) in [6.07, 6.45) is 0.464. The Bertz CT molecular complexity index is 403. The Morgan fingerprint density at radius 3 is 2.83 bits per heavy atom. The molecule has 1 atom stereocenters. The third-order valence-electron chi connectivity index (χ3n) is 2.60. The lowest BCUT2D eigenvalue weighted by atomic mass is 10.1. The number of methoxy groups -OCH3 is 1. The molecule has 18 heavy (non-hydrogen) atoms. The maximum atomic E-state index is 12.0. The highest BCUT2D eigenvalue weighted by atomic mass is 35.5. The van der Waals surface area contributed by atoms with Crippen molar-refractivity contribution in [2.24, 2.45) is 0 Å². The van der Waals surface area contributed by atoms with Crippen molar-refractivity contribution in [3.05, 3.63) is 34.3 Å². The molecule has 4 nitrogen and oxygen atoms in total. The molecule has 2 N–H and O–H groups in total. The number of aliphatic hydroxyl groups is 1. The second-order valence-electron chi connectivity index (χ2n) is 4.10. The molecule has 0 aliphatic heterocycles. The molecule has 0 aromatic heterocycles. The largest absolute Gasteiger partial charge is 0.396 e. The molecule has 5 heteroatoms. The van der Waals surface area contributed by atoms with Crippen molar-refractivity contribution in [1.29, 1.82) is 0 Å². The summed E-state index contributed by atoms with van der Waals surface area (Å²) in [5, 5.41) is 12.4. The number of carbonyl (C=O) groups is 1. The lowest BCUT2D eigenvalue weighted by molar-refractivity contribution is 0.0878. The summed E-state index contributed by atoms with van der Waals surface area (Å²) < 4.78 is 4.99. The quantitative estimate of drug-likeness (QED) is 0.829. The molecule has 1 amide bonds. The van der Waals surface area contributed by atoms with Crippen LogP contribution in [0.15, 0.2) is 18.2 Å². The van der Waals surface area contributed by atoms with Crippen LogP contribution < -0.4 is 5.32 Å². The van der Waals surface area contributed by atoms with Crippen LogP contribution in [0.2, 0.25) is 5.02 Å². The number of amides is 1. The molecule has 1 unspecified atom stereocenters. The van der Waals surface area contributed by atoms with Gasteiger partial charge in [0.1, 0.15) is 0 Å². The van der Waals surface area contributed by atoms with Gasteiger partial charge in [-0.25, -0.2) is 0 Å². The molecule has 0 aliphatic rings. The van der Waals surface area contributed by atoms with Gasteiger partial charge in [0.25, 0.3) is 5.91 Å². The third kappa shape index (κ3) is 4.29. The van der Waals surface area contributed by atoms with Crippen molar-refractivity contribution in [1.82, 2.24) is 5.32 Å². The predicted octanol–water partition coefficient (Wildman–Crippen LogP) is 1.78. The SMILES string of the molecule is COCC(CCO)NC(=O)c1ccc(Cl)c(C)c1. The van der Waals surface area contributed by atoms with E-state index in [4.69, 9.17) is 21.4 Å². The average Bonchev–Trinajstić information content (AvgIpc) is 2.33. The van der Waals surface area contributed by atoms with Gasteiger partial charge in [-0.3, -0.25) is 4.79 Å². The van der Waals surface area contributed by atoms with Crippen LogP contribution in [0.25, 0.3) is 0 Å². The van der Waals surface area contributed by atoms with Crippen molar-refractivity contribution in [3.63, 3.8) is 0 Å². The summed E-state index contributed by atoms with van der Waals surface area (Å²) in [4.78, 5) is 12.0. The first-order chi connectivity index (χ1) is 8.58. The number of hydrogen-bond donors (Lipinski definition) is 2. The Balaban J connectivity index is 2.70. The van der Waals surface area contributed by atoms with Crippen LogP contribution in [0, 0.1) is 6.92 Å². The predicted molar refractivity (Wildman–Crippen MR) is 71.0 cm³/mol. The lowest BCUT2D eigenvalue weighted by Gasteiger charge is -2.17. The Morgan fingerprint density at radius 1 is 1.56 bits per heavy atom. The van der Waals surface area contributed by atoms with Gasteiger partial charge < -0.3 is 15.2 Å². The summed E-state index contributed by atoms with van der Waals surface area (Å²) in [6, 6.07) is 4.92. The second-order valence-corrected chi connectivity index (χ2v) is 4.51. The number of aliphatic hydroxyl groups excluding tert-OH is 1. The maximum Gasteiger partial charge on any atom is 0.251 e. The van der Waals surface area contributed by atoms with Gasteiger partial charge in [-0.2, -0.15) is 0 Å². The van der Waals surface area contributed by atoms with E-state index >= 15 is 0 Å². The molecule has 0 spiro atoms. The minimum Gasteiger partial charge on any atom is -0.396 e. The Labute approximate surface area is 112 Å². The van der Waals surface area contributed by atoms with Crippen molar-refractivity contribution in [3.8, 4) is 0 Å². The van der Waals surface area contributed by atoms with Crippen LogP contribution in [-0.4, -0.2) is 37.4 Å². The van der Waals surface area contributed by atoms with Crippen LogP contribution in [0.1, 0.15) is 22.3 Å². The van der Waals surface area contributed by atoms with Crippen LogP contribution >= 0.6 is 11.6 Å². The van der Waals surface area contributed by atoms with E-state index in [1.165, 1.54) is 0 Å². The van der Waals surface area contributed by atoms with Gasteiger partial charge in [0.05, 0.1) is 12.6 Å². The summed E-state index contributed by atoms with van der Waals surface area (Å²) in [7, 11) is 1.56. The smallest absolute Gasteiger partial charge is 0.251 e. The number of halogens is 1. The topological polar surface area (TPSA) is 58.6 Å². The molecule has 0 saturated heterocycles. The van der Waals surface area contributed by atoms with Crippen LogP contribution in [0.5, 0.6) is 0 Å². The molecular formula is C13H18ClNO3. The van der Waals surface area contributed by atoms with Gasteiger partial charge in [-0.05, 0) is 37.1 Å². The van der Waals surface area contributed by atoms with Crippen LogP contribution in [0.4, 0.5) is 0 Å². The van der Waals surface area contributed by atoms with Gasteiger partial charge in [-0.1, -0.05) is 11.6 Å². The molecule has 1 aromatic carbocycles. The number of nitrogens with one attached hydrogen (secondary N) is 1. The minimum absolute atomic E-state index is 0.00789. The molecule has 0 aliphatic carbocycles. The van der Waals surface area contributed by atoms with Gasteiger partial charge >= 0.3 is 0 Å². The van der Waals surface area contributed by atoms with Gasteiger partial charge in [0.2, 0.25) is 0 Å². The number of carbonyl (C=O) groups excluding carboxylic acids is 1. The highest BCUT2D eigenvalue weighted by Gasteiger charge is 2.13. The lowest BCUT2D eigenvalue weighted by Crippen LogP contribution is -2.38. The summed E-state index contributed by atoms with van der Waals surface area (Å²) in [5.41, 5.74) is 1.41. The van der Waals surface area contributed by atoms with Crippen molar-refractivity contribution in [2.45, 2.75) is 19.4 Å². The second kappa shape index (κ2) is 7.36.